The van der Waals surface area contributed by atoms with Gasteiger partial charge in [0.05, 0.1) is 12.8 Å². The molecule has 1 amide bonds. The van der Waals surface area contributed by atoms with Crippen molar-refractivity contribution in [1.29, 1.82) is 0 Å². The number of ether oxygens (including phenoxy) is 1. The number of rotatable bonds is 6. The molecule has 0 radical (unpaired) electrons. The van der Waals surface area contributed by atoms with Crippen molar-refractivity contribution in [2.45, 2.75) is 19.4 Å². The van der Waals surface area contributed by atoms with E-state index in [1.165, 1.54) is 12.1 Å². The topological polar surface area (TPSA) is 67.3 Å². The summed E-state index contributed by atoms with van der Waals surface area (Å²) in [6, 6.07) is 17.7. The van der Waals surface area contributed by atoms with Crippen molar-refractivity contribution in [3.8, 4) is 17.0 Å². The average molecular weight is 420 g/mol. The van der Waals surface area contributed by atoms with E-state index < -0.39 is 0 Å². The van der Waals surface area contributed by atoms with Gasteiger partial charge in [-0.1, -0.05) is 18.2 Å². The van der Waals surface area contributed by atoms with Gasteiger partial charge in [-0.05, 0) is 55.3 Å². The molecule has 0 aliphatic carbocycles. The lowest BCUT2D eigenvalue weighted by Gasteiger charge is -2.31. The second-order valence-corrected chi connectivity index (χ2v) is 7.57. The average Bonchev–Trinajstić information content (AvgIpc) is 2.83. The number of carbonyl (C=O) groups is 1. The summed E-state index contributed by atoms with van der Waals surface area (Å²) in [6.07, 6.45) is 1.53. The molecule has 6 nitrogen and oxygen atoms in total. The Bertz CT molecular complexity index is 1020. The zero-order chi connectivity index (χ0) is 21.6. The number of carbonyl (C=O) groups excluding carboxylic acids is 1. The first kappa shape index (κ1) is 20.8. The Morgan fingerprint density at radius 3 is 2.48 bits per heavy atom. The summed E-state index contributed by atoms with van der Waals surface area (Å²) in [7, 11) is 1.63. The maximum absolute atomic E-state index is 13.1. The van der Waals surface area contributed by atoms with Crippen LogP contribution in [-0.4, -0.2) is 36.3 Å². The molecule has 1 saturated heterocycles. The van der Waals surface area contributed by atoms with E-state index in [-0.39, 0.29) is 17.6 Å². The van der Waals surface area contributed by atoms with E-state index in [0.717, 1.165) is 48.6 Å². The van der Waals surface area contributed by atoms with Crippen molar-refractivity contribution in [1.82, 2.24) is 15.5 Å². The van der Waals surface area contributed by atoms with Crippen LogP contribution in [0.3, 0.4) is 0 Å². The van der Waals surface area contributed by atoms with Crippen LogP contribution in [0.15, 0.2) is 60.7 Å². The van der Waals surface area contributed by atoms with E-state index in [1.807, 2.05) is 36.4 Å². The van der Waals surface area contributed by atoms with Crippen molar-refractivity contribution < 1.29 is 13.9 Å². The van der Waals surface area contributed by atoms with Gasteiger partial charge in [0, 0.05) is 36.7 Å². The van der Waals surface area contributed by atoms with Crippen molar-refractivity contribution in [2.24, 2.45) is 5.92 Å². The highest BCUT2D eigenvalue weighted by Gasteiger charge is 2.25. The Labute approximate surface area is 181 Å². The summed E-state index contributed by atoms with van der Waals surface area (Å²) >= 11 is 0. The third kappa shape index (κ3) is 4.99. The molecular weight excluding hydrogens is 395 g/mol. The minimum Gasteiger partial charge on any atom is -0.496 e. The van der Waals surface area contributed by atoms with Crippen molar-refractivity contribution >= 4 is 11.7 Å². The monoisotopic (exact) mass is 420 g/mol. The molecule has 7 heteroatoms. The van der Waals surface area contributed by atoms with Gasteiger partial charge in [0.25, 0.3) is 0 Å². The highest BCUT2D eigenvalue weighted by atomic mass is 19.1. The molecule has 4 rings (SSSR count). The van der Waals surface area contributed by atoms with E-state index in [0.29, 0.717) is 12.2 Å². The number of para-hydroxylation sites is 1. The molecular formula is C24H25FN4O2. The van der Waals surface area contributed by atoms with Gasteiger partial charge >= 0.3 is 0 Å². The lowest BCUT2D eigenvalue weighted by molar-refractivity contribution is -0.125. The molecule has 0 unspecified atom stereocenters. The number of nitrogens with one attached hydrogen (secondary N) is 1. The Balaban J connectivity index is 1.30. The molecule has 1 aromatic heterocycles. The van der Waals surface area contributed by atoms with Crippen LogP contribution in [0.1, 0.15) is 18.4 Å². The van der Waals surface area contributed by atoms with Crippen LogP contribution in [0.2, 0.25) is 0 Å². The van der Waals surface area contributed by atoms with Crippen LogP contribution in [0.25, 0.3) is 11.3 Å². The fraction of sp³-hybridized carbons (Fsp3) is 0.292. The molecule has 0 spiro atoms. The third-order valence-electron chi connectivity index (χ3n) is 5.63. The van der Waals surface area contributed by atoms with E-state index in [2.05, 4.69) is 20.4 Å². The number of halogens is 1. The predicted octanol–water partition coefficient (Wildman–Crippen LogP) is 3.82. The van der Waals surface area contributed by atoms with Crippen LogP contribution in [0.4, 0.5) is 10.2 Å². The second kappa shape index (κ2) is 9.55. The first-order chi connectivity index (χ1) is 15.1. The molecule has 0 bridgehead atoms. The molecule has 1 aliphatic rings. The van der Waals surface area contributed by atoms with Crippen LogP contribution in [0.5, 0.6) is 5.75 Å². The second-order valence-electron chi connectivity index (χ2n) is 7.57. The van der Waals surface area contributed by atoms with Crippen molar-refractivity contribution in [2.75, 3.05) is 25.1 Å². The zero-order valence-corrected chi connectivity index (χ0v) is 17.4. The zero-order valence-electron chi connectivity index (χ0n) is 17.4. The summed E-state index contributed by atoms with van der Waals surface area (Å²) in [5.41, 5.74) is 2.49. The van der Waals surface area contributed by atoms with Gasteiger partial charge in [-0.15, -0.1) is 10.2 Å². The molecule has 1 fully saturated rings. The standard InChI is InChI=1S/C24H25FN4O2/c1-31-22-5-3-2-4-19(22)16-26-24(30)18-12-14-29(15-13-18)23-11-10-21(27-28-23)17-6-8-20(25)9-7-17/h2-11,18H,12-16H2,1H3,(H,26,30). The summed E-state index contributed by atoms with van der Waals surface area (Å²) in [6.45, 7) is 1.95. The highest BCUT2D eigenvalue weighted by molar-refractivity contribution is 5.79. The van der Waals surface area contributed by atoms with Crippen LogP contribution >= 0.6 is 0 Å². The number of methoxy groups -OCH3 is 1. The lowest BCUT2D eigenvalue weighted by atomic mass is 9.95. The Kier molecular flexibility index (Phi) is 6.40. The first-order valence-electron chi connectivity index (χ1n) is 10.4. The first-order valence-corrected chi connectivity index (χ1v) is 10.4. The Hall–Kier alpha value is -3.48. The van der Waals surface area contributed by atoms with E-state index in [1.54, 1.807) is 19.2 Å². The van der Waals surface area contributed by atoms with E-state index in [4.69, 9.17) is 4.74 Å². The molecule has 0 saturated carbocycles. The minimum atomic E-state index is -0.275. The molecule has 160 valence electrons. The molecule has 0 atom stereocenters. The number of benzene rings is 2. The molecule has 1 N–H and O–H groups in total. The number of nitrogens with zero attached hydrogens (tertiary/aromatic N) is 3. The third-order valence-corrected chi connectivity index (χ3v) is 5.63. The van der Waals surface area contributed by atoms with Crippen LogP contribution < -0.4 is 15.0 Å². The van der Waals surface area contributed by atoms with Gasteiger partial charge < -0.3 is 15.0 Å². The minimum absolute atomic E-state index is 0.0163. The maximum atomic E-state index is 13.1. The van der Waals surface area contributed by atoms with Crippen LogP contribution in [0, 0.1) is 11.7 Å². The van der Waals surface area contributed by atoms with Crippen LogP contribution in [-0.2, 0) is 11.3 Å². The molecule has 31 heavy (non-hydrogen) atoms. The van der Waals surface area contributed by atoms with Gasteiger partial charge in [0.15, 0.2) is 5.82 Å². The maximum Gasteiger partial charge on any atom is 0.223 e. The molecule has 2 heterocycles. The van der Waals surface area contributed by atoms with Crippen molar-refractivity contribution in [3.63, 3.8) is 0 Å². The highest BCUT2D eigenvalue weighted by Crippen LogP contribution is 2.24. The number of amides is 1. The van der Waals surface area contributed by atoms with Gasteiger partial charge in [-0.2, -0.15) is 0 Å². The number of hydrogen-bond acceptors (Lipinski definition) is 5. The predicted molar refractivity (Wildman–Crippen MR) is 117 cm³/mol. The molecule has 2 aromatic carbocycles. The van der Waals surface area contributed by atoms with Gasteiger partial charge in [-0.25, -0.2) is 4.39 Å². The van der Waals surface area contributed by atoms with E-state index >= 15 is 0 Å². The largest absolute Gasteiger partial charge is 0.496 e. The lowest BCUT2D eigenvalue weighted by Crippen LogP contribution is -2.40. The fourth-order valence-corrected chi connectivity index (χ4v) is 3.81. The summed E-state index contributed by atoms with van der Waals surface area (Å²) in [5, 5.41) is 11.7. The SMILES string of the molecule is COc1ccccc1CNC(=O)C1CCN(c2ccc(-c3ccc(F)cc3)nn2)CC1. The van der Waals surface area contributed by atoms with Gasteiger partial charge in [0.2, 0.25) is 5.91 Å². The van der Waals surface area contributed by atoms with Gasteiger partial charge in [0.1, 0.15) is 11.6 Å². The van der Waals surface area contributed by atoms with Crippen molar-refractivity contribution in [3.05, 3.63) is 72.0 Å². The molecule has 1 aliphatic heterocycles. The number of aromatic nitrogens is 2. The summed E-state index contributed by atoms with van der Waals surface area (Å²) in [5.74, 6) is 1.35. The molecule has 3 aromatic rings. The normalized spacial score (nSPS) is 14.3. The smallest absolute Gasteiger partial charge is 0.223 e. The fourth-order valence-electron chi connectivity index (χ4n) is 3.81. The number of piperidine rings is 1. The Morgan fingerprint density at radius 2 is 1.81 bits per heavy atom. The summed E-state index contributed by atoms with van der Waals surface area (Å²) < 4.78 is 18.4. The number of anilines is 1. The van der Waals surface area contributed by atoms with E-state index in [9.17, 15) is 9.18 Å². The quantitative estimate of drug-likeness (QED) is 0.657. The van der Waals surface area contributed by atoms with Gasteiger partial charge in [-0.3, -0.25) is 4.79 Å². The number of hydrogen-bond donors (Lipinski definition) is 1. The Morgan fingerprint density at radius 1 is 1.06 bits per heavy atom. The summed E-state index contributed by atoms with van der Waals surface area (Å²) in [4.78, 5) is 14.8.